The first kappa shape index (κ1) is 8.05. The highest BCUT2D eigenvalue weighted by atomic mass is 16.3. The van der Waals surface area contributed by atoms with Gasteiger partial charge in [0.15, 0.2) is 5.96 Å². The number of nitrogens with zero attached hydrogens (tertiary/aromatic N) is 2. The van der Waals surface area contributed by atoms with E-state index in [0.29, 0.717) is 0 Å². The van der Waals surface area contributed by atoms with Crippen molar-refractivity contribution < 1.29 is 5.11 Å². The maximum Gasteiger partial charge on any atom is 0.256 e. The second-order valence-corrected chi connectivity index (χ2v) is 1.96. The zero-order valence-electron chi connectivity index (χ0n) is 5.98. The van der Waals surface area contributed by atoms with Gasteiger partial charge in [-0.2, -0.15) is 9.98 Å². The summed E-state index contributed by atoms with van der Waals surface area (Å²) in [5, 5.41) is 8.82. The number of aromatic nitrogens is 2. The summed E-state index contributed by atoms with van der Waals surface area (Å²) in [7, 11) is 0. The molecule has 0 atom stereocenters. The van der Waals surface area contributed by atoms with Gasteiger partial charge >= 0.3 is 0 Å². The van der Waals surface area contributed by atoms with E-state index < -0.39 is 11.4 Å². The molecule has 0 bridgehead atoms. The quantitative estimate of drug-likeness (QED) is 0.296. The number of aliphatic imine (C=N–C) groups is 1. The molecular formula is C5H7N5O2. The lowest BCUT2D eigenvalue weighted by Gasteiger charge is -1.93. The number of rotatable bonds is 1. The van der Waals surface area contributed by atoms with Crippen LogP contribution in [0.5, 0.6) is 5.88 Å². The third-order valence-electron chi connectivity index (χ3n) is 0.951. The summed E-state index contributed by atoms with van der Waals surface area (Å²) >= 11 is 0. The lowest BCUT2D eigenvalue weighted by molar-refractivity contribution is 0.452. The van der Waals surface area contributed by atoms with E-state index >= 15 is 0 Å². The van der Waals surface area contributed by atoms with Crippen LogP contribution in [0.1, 0.15) is 0 Å². The summed E-state index contributed by atoms with van der Waals surface area (Å²) in [5.74, 6) is -0.803. The molecule has 7 nitrogen and oxygen atoms in total. The molecule has 64 valence electrons. The minimum Gasteiger partial charge on any atom is -0.493 e. The third kappa shape index (κ3) is 1.97. The number of aromatic amines is 1. The van der Waals surface area contributed by atoms with Crippen LogP contribution >= 0.6 is 0 Å². The first-order valence-corrected chi connectivity index (χ1v) is 2.98. The van der Waals surface area contributed by atoms with E-state index in [-0.39, 0.29) is 11.9 Å². The first-order valence-electron chi connectivity index (χ1n) is 2.98. The number of H-pyrrole nitrogens is 1. The summed E-state index contributed by atoms with van der Waals surface area (Å²) in [6, 6.07) is 0.908. The Kier molecular flexibility index (Phi) is 1.95. The fourth-order valence-corrected chi connectivity index (χ4v) is 0.607. The maximum atomic E-state index is 10.7. The Labute approximate surface area is 66.8 Å². The molecule has 0 saturated carbocycles. The summed E-state index contributed by atoms with van der Waals surface area (Å²) in [6.45, 7) is 0. The highest BCUT2D eigenvalue weighted by molar-refractivity contribution is 5.77. The van der Waals surface area contributed by atoms with E-state index in [1.54, 1.807) is 0 Å². The second kappa shape index (κ2) is 2.91. The Morgan fingerprint density at radius 2 is 2.33 bits per heavy atom. The van der Waals surface area contributed by atoms with Gasteiger partial charge in [0.2, 0.25) is 11.8 Å². The van der Waals surface area contributed by atoms with Gasteiger partial charge in [0.1, 0.15) is 0 Å². The zero-order chi connectivity index (χ0) is 9.14. The molecule has 7 heteroatoms. The van der Waals surface area contributed by atoms with Crippen molar-refractivity contribution in [3.63, 3.8) is 0 Å². The van der Waals surface area contributed by atoms with Crippen molar-refractivity contribution in [3.8, 4) is 5.88 Å². The molecule has 0 saturated heterocycles. The van der Waals surface area contributed by atoms with Gasteiger partial charge in [-0.3, -0.25) is 9.78 Å². The molecule has 0 unspecified atom stereocenters. The molecule has 0 amide bonds. The van der Waals surface area contributed by atoms with Gasteiger partial charge in [-0.15, -0.1) is 0 Å². The minimum atomic E-state index is -0.525. The van der Waals surface area contributed by atoms with Crippen LogP contribution in [0, 0.1) is 0 Å². The van der Waals surface area contributed by atoms with E-state index in [9.17, 15) is 4.79 Å². The third-order valence-corrected chi connectivity index (χ3v) is 0.951. The Morgan fingerprint density at radius 3 is 2.83 bits per heavy atom. The van der Waals surface area contributed by atoms with Crippen molar-refractivity contribution in [2.75, 3.05) is 0 Å². The van der Waals surface area contributed by atoms with Crippen LogP contribution in [0.15, 0.2) is 15.9 Å². The van der Waals surface area contributed by atoms with E-state index in [4.69, 9.17) is 16.6 Å². The molecule has 0 radical (unpaired) electrons. The molecule has 0 aromatic carbocycles. The van der Waals surface area contributed by atoms with Gasteiger partial charge in [0.05, 0.1) is 6.07 Å². The Hall–Kier alpha value is -2.05. The number of aromatic hydroxyl groups is 1. The van der Waals surface area contributed by atoms with Crippen molar-refractivity contribution in [1.29, 1.82) is 0 Å². The summed E-state index contributed by atoms with van der Waals surface area (Å²) in [4.78, 5) is 19.7. The smallest absolute Gasteiger partial charge is 0.256 e. The second-order valence-electron chi connectivity index (χ2n) is 1.96. The monoisotopic (exact) mass is 169 g/mol. The molecule has 12 heavy (non-hydrogen) atoms. The summed E-state index contributed by atoms with van der Waals surface area (Å²) in [6.07, 6.45) is 0. The van der Waals surface area contributed by atoms with Crippen LogP contribution in [0.4, 0.5) is 5.95 Å². The SMILES string of the molecule is NC(N)=Nc1nc(O)cc(=O)[nH]1. The minimum absolute atomic E-state index is 0.125. The molecule has 1 aromatic heterocycles. The lowest BCUT2D eigenvalue weighted by Crippen LogP contribution is -2.22. The van der Waals surface area contributed by atoms with E-state index in [1.165, 1.54) is 0 Å². The average Bonchev–Trinajstić information content (AvgIpc) is 1.81. The van der Waals surface area contributed by atoms with Gasteiger partial charge in [-0.1, -0.05) is 0 Å². The predicted octanol–water partition coefficient (Wildman–Crippen LogP) is -1.62. The van der Waals surface area contributed by atoms with Crippen LogP contribution in [0.2, 0.25) is 0 Å². The van der Waals surface area contributed by atoms with Crippen LogP contribution in [-0.4, -0.2) is 21.0 Å². The number of hydrogen-bond donors (Lipinski definition) is 4. The summed E-state index contributed by atoms with van der Waals surface area (Å²) < 4.78 is 0. The van der Waals surface area contributed by atoms with Crippen LogP contribution in [0.25, 0.3) is 0 Å². The van der Waals surface area contributed by atoms with Gasteiger partial charge in [-0.05, 0) is 0 Å². The maximum absolute atomic E-state index is 10.7. The van der Waals surface area contributed by atoms with Crippen molar-refractivity contribution in [2.45, 2.75) is 0 Å². The number of nitrogens with one attached hydrogen (secondary N) is 1. The van der Waals surface area contributed by atoms with Gasteiger partial charge in [-0.25, -0.2) is 0 Å². The van der Waals surface area contributed by atoms with Crippen molar-refractivity contribution in [1.82, 2.24) is 9.97 Å². The molecule has 1 aromatic rings. The molecule has 1 heterocycles. The fraction of sp³-hybridized carbons (Fsp3) is 0. The largest absolute Gasteiger partial charge is 0.493 e. The van der Waals surface area contributed by atoms with E-state index in [1.807, 2.05) is 0 Å². The predicted molar refractivity (Wildman–Crippen MR) is 42.0 cm³/mol. The average molecular weight is 169 g/mol. The number of hydrogen-bond acceptors (Lipinski definition) is 4. The van der Waals surface area contributed by atoms with E-state index in [0.717, 1.165) is 6.07 Å². The van der Waals surface area contributed by atoms with Gasteiger partial charge in [0, 0.05) is 0 Å². The number of guanidine groups is 1. The molecular weight excluding hydrogens is 162 g/mol. The molecule has 0 spiro atoms. The van der Waals surface area contributed by atoms with Crippen molar-refractivity contribution in [2.24, 2.45) is 16.5 Å². The first-order chi connectivity index (χ1) is 5.58. The lowest BCUT2D eigenvalue weighted by atomic mass is 10.6. The number of nitrogens with two attached hydrogens (primary N) is 2. The van der Waals surface area contributed by atoms with Gasteiger partial charge in [0.25, 0.3) is 5.56 Å². The molecule has 6 N–H and O–H groups in total. The molecule has 0 aliphatic carbocycles. The highest BCUT2D eigenvalue weighted by Gasteiger charge is 1.96. The van der Waals surface area contributed by atoms with Crippen LogP contribution in [-0.2, 0) is 0 Å². The van der Waals surface area contributed by atoms with Crippen LogP contribution in [0.3, 0.4) is 0 Å². The Balaban J connectivity index is 3.18. The molecule has 0 aliphatic rings. The van der Waals surface area contributed by atoms with Crippen molar-refractivity contribution in [3.05, 3.63) is 16.4 Å². The standard InChI is InChI=1S/C5H7N5O2/c6-4(7)10-5-8-2(11)1-3(12)9-5/h1H,(H6,6,7,8,9,10,11,12). The zero-order valence-corrected chi connectivity index (χ0v) is 5.98. The Bertz CT molecular complexity index is 364. The topological polar surface area (TPSA) is 130 Å². The normalized spacial score (nSPS) is 9.33. The fourth-order valence-electron chi connectivity index (χ4n) is 0.607. The van der Waals surface area contributed by atoms with E-state index in [2.05, 4.69) is 15.0 Å². The molecule has 0 fully saturated rings. The Morgan fingerprint density at radius 1 is 1.67 bits per heavy atom. The van der Waals surface area contributed by atoms with Gasteiger partial charge < -0.3 is 16.6 Å². The van der Waals surface area contributed by atoms with Crippen molar-refractivity contribution >= 4 is 11.9 Å². The molecule has 1 rings (SSSR count). The molecule has 0 aliphatic heterocycles. The summed E-state index contributed by atoms with van der Waals surface area (Å²) in [5.41, 5.74) is 9.49. The highest BCUT2D eigenvalue weighted by Crippen LogP contribution is 2.04. The van der Waals surface area contributed by atoms with Crippen LogP contribution < -0.4 is 17.0 Å².